The number of aromatic nitrogens is 2. The van der Waals surface area contributed by atoms with Gasteiger partial charge in [-0.25, -0.2) is 4.79 Å². The lowest BCUT2D eigenvalue weighted by atomic mass is 10.2. The van der Waals surface area contributed by atoms with E-state index in [1.807, 2.05) is 0 Å². The van der Waals surface area contributed by atoms with Crippen molar-refractivity contribution in [3.63, 3.8) is 0 Å². The Morgan fingerprint density at radius 3 is 2.78 bits per heavy atom. The van der Waals surface area contributed by atoms with E-state index in [0.717, 1.165) is 12.8 Å². The van der Waals surface area contributed by atoms with E-state index in [0.29, 0.717) is 36.8 Å². The largest absolute Gasteiger partial charge is 0.353 e. The summed E-state index contributed by atoms with van der Waals surface area (Å²) in [6, 6.07) is 6.96. The van der Waals surface area contributed by atoms with Crippen LogP contribution in [0.25, 0.3) is 10.9 Å². The minimum absolute atomic E-state index is 0.00869. The van der Waals surface area contributed by atoms with Gasteiger partial charge in [-0.15, -0.1) is 6.58 Å². The second-order valence-electron chi connectivity index (χ2n) is 5.34. The minimum Gasteiger partial charge on any atom is -0.353 e. The summed E-state index contributed by atoms with van der Waals surface area (Å²) in [5.74, 6) is -0.00869. The first-order chi connectivity index (χ1) is 11.1. The van der Waals surface area contributed by atoms with Crippen molar-refractivity contribution >= 4 is 16.8 Å². The normalized spacial score (nSPS) is 10.6. The average Bonchev–Trinajstić information content (AvgIpc) is 2.55. The van der Waals surface area contributed by atoms with Gasteiger partial charge in [-0.3, -0.25) is 14.2 Å². The number of nitrogens with one attached hydrogen (secondary N) is 2. The number of carbonyl (C=O) groups is 1. The summed E-state index contributed by atoms with van der Waals surface area (Å²) in [4.78, 5) is 38.4. The van der Waals surface area contributed by atoms with Crippen LogP contribution >= 0.6 is 0 Å². The maximum atomic E-state index is 12.3. The first-order valence-electron chi connectivity index (χ1n) is 7.73. The number of H-pyrrole nitrogens is 1. The van der Waals surface area contributed by atoms with Gasteiger partial charge in [0.1, 0.15) is 0 Å². The highest BCUT2D eigenvalue weighted by Crippen LogP contribution is 2.04. The Hall–Kier alpha value is -2.63. The number of rotatable bonds is 8. The lowest BCUT2D eigenvalue weighted by molar-refractivity contribution is -0.121. The summed E-state index contributed by atoms with van der Waals surface area (Å²) < 4.78 is 1.22. The molecule has 0 saturated carbocycles. The molecule has 0 radical (unpaired) electrons. The van der Waals surface area contributed by atoms with Crippen molar-refractivity contribution < 1.29 is 4.79 Å². The first-order valence-corrected chi connectivity index (χ1v) is 7.73. The van der Waals surface area contributed by atoms with E-state index in [2.05, 4.69) is 16.9 Å². The lowest BCUT2D eigenvalue weighted by Crippen LogP contribution is -2.35. The van der Waals surface area contributed by atoms with Gasteiger partial charge < -0.3 is 10.3 Å². The summed E-state index contributed by atoms with van der Waals surface area (Å²) in [6.45, 7) is 4.36. The maximum absolute atomic E-state index is 12.3. The Balaban J connectivity index is 1.90. The van der Waals surface area contributed by atoms with Crippen molar-refractivity contribution in [1.82, 2.24) is 14.9 Å². The van der Waals surface area contributed by atoms with Gasteiger partial charge in [0.25, 0.3) is 5.56 Å². The summed E-state index contributed by atoms with van der Waals surface area (Å²) in [7, 11) is 0. The fourth-order valence-corrected chi connectivity index (χ4v) is 2.41. The fraction of sp³-hybridized carbons (Fsp3) is 0.353. The second-order valence-corrected chi connectivity index (χ2v) is 5.34. The number of hydrogen-bond donors (Lipinski definition) is 2. The van der Waals surface area contributed by atoms with Crippen molar-refractivity contribution in [2.45, 2.75) is 32.2 Å². The molecule has 0 unspecified atom stereocenters. The zero-order chi connectivity index (χ0) is 16.7. The molecular formula is C17H21N3O3. The monoisotopic (exact) mass is 315 g/mol. The first kappa shape index (κ1) is 16.7. The predicted octanol–water partition coefficient (Wildman–Crippen LogP) is 1.55. The van der Waals surface area contributed by atoms with Gasteiger partial charge in [-0.1, -0.05) is 24.6 Å². The Morgan fingerprint density at radius 2 is 2.00 bits per heavy atom. The summed E-state index contributed by atoms with van der Waals surface area (Å²) in [5.41, 5.74) is -0.108. The molecule has 6 nitrogen and oxygen atoms in total. The van der Waals surface area contributed by atoms with E-state index in [1.54, 1.807) is 30.3 Å². The summed E-state index contributed by atoms with van der Waals surface area (Å²) in [6.07, 6.45) is 4.26. The molecule has 2 aromatic rings. The molecule has 0 fully saturated rings. The molecule has 1 heterocycles. The molecule has 1 amide bonds. The number of hydrogen-bond acceptors (Lipinski definition) is 3. The molecular weight excluding hydrogens is 294 g/mol. The Kier molecular flexibility index (Phi) is 5.91. The van der Waals surface area contributed by atoms with E-state index < -0.39 is 5.69 Å². The fourth-order valence-electron chi connectivity index (χ4n) is 2.41. The highest BCUT2D eigenvalue weighted by atomic mass is 16.2. The zero-order valence-corrected chi connectivity index (χ0v) is 13.0. The van der Waals surface area contributed by atoms with Crippen LogP contribution in [0.2, 0.25) is 0 Å². The molecule has 1 aromatic heterocycles. The van der Waals surface area contributed by atoms with Crippen LogP contribution in [0.15, 0.2) is 46.5 Å². The Morgan fingerprint density at radius 1 is 1.22 bits per heavy atom. The average molecular weight is 315 g/mol. The van der Waals surface area contributed by atoms with E-state index >= 15 is 0 Å². The van der Waals surface area contributed by atoms with Crippen molar-refractivity contribution in [1.29, 1.82) is 0 Å². The van der Waals surface area contributed by atoms with Crippen molar-refractivity contribution in [2.75, 3.05) is 6.54 Å². The van der Waals surface area contributed by atoms with Crippen LogP contribution in [0.1, 0.15) is 25.7 Å². The van der Waals surface area contributed by atoms with Crippen molar-refractivity contribution in [3.05, 3.63) is 57.8 Å². The molecule has 122 valence electrons. The highest BCUT2D eigenvalue weighted by Gasteiger charge is 2.07. The number of benzene rings is 1. The van der Waals surface area contributed by atoms with E-state index in [-0.39, 0.29) is 11.5 Å². The maximum Gasteiger partial charge on any atom is 0.328 e. The minimum atomic E-state index is -0.391. The van der Waals surface area contributed by atoms with E-state index in [9.17, 15) is 14.4 Å². The number of fused-ring (bicyclic) bond motifs is 1. The van der Waals surface area contributed by atoms with Gasteiger partial charge in [0, 0.05) is 19.5 Å². The number of unbranched alkanes of at least 4 members (excludes halogenated alkanes) is 2. The molecule has 2 N–H and O–H groups in total. The molecule has 0 bridgehead atoms. The van der Waals surface area contributed by atoms with Gasteiger partial charge in [-0.05, 0) is 25.0 Å². The molecule has 0 saturated heterocycles. The molecule has 0 spiro atoms. The van der Waals surface area contributed by atoms with Crippen LogP contribution in [0.4, 0.5) is 0 Å². The van der Waals surface area contributed by atoms with Crippen LogP contribution in [0.3, 0.4) is 0 Å². The predicted molar refractivity (Wildman–Crippen MR) is 90.5 cm³/mol. The lowest BCUT2D eigenvalue weighted by Gasteiger charge is -2.06. The van der Waals surface area contributed by atoms with Crippen LogP contribution in [-0.4, -0.2) is 22.0 Å². The molecule has 23 heavy (non-hydrogen) atoms. The third-order valence-electron chi connectivity index (χ3n) is 3.62. The van der Waals surface area contributed by atoms with E-state index in [4.69, 9.17) is 0 Å². The molecule has 0 aliphatic carbocycles. The van der Waals surface area contributed by atoms with Crippen LogP contribution in [0, 0.1) is 0 Å². The van der Waals surface area contributed by atoms with Crippen LogP contribution in [0.5, 0.6) is 0 Å². The molecule has 0 atom stereocenters. The van der Waals surface area contributed by atoms with Gasteiger partial charge in [-0.2, -0.15) is 0 Å². The Labute approximate surface area is 133 Å². The number of para-hydroxylation sites is 1. The highest BCUT2D eigenvalue weighted by molar-refractivity contribution is 5.77. The number of aromatic amines is 1. The van der Waals surface area contributed by atoms with Crippen molar-refractivity contribution in [3.8, 4) is 0 Å². The van der Waals surface area contributed by atoms with Crippen LogP contribution in [-0.2, 0) is 11.3 Å². The molecule has 0 aliphatic rings. The standard InChI is InChI=1S/C17H21N3O3/c1-2-11-18-15(21)10-4-3-7-12-20-16(22)13-8-5-6-9-14(13)19-17(20)23/h2,5-6,8-9H,1,3-4,7,10-12H2,(H,18,21)(H,19,23). The third-order valence-corrected chi connectivity index (χ3v) is 3.62. The van der Waals surface area contributed by atoms with Gasteiger partial charge in [0.2, 0.25) is 5.91 Å². The molecule has 6 heteroatoms. The quantitative estimate of drug-likeness (QED) is 0.572. The smallest absolute Gasteiger partial charge is 0.328 e. The van der Waals surface area contributed by atoms with Crippen LogP contribution < -0.4 is 16.6 Å². The topological polar surface area (TPSA) is 84.0 Å². The number of carbonyl (C=O) groups excluding carboxylic acids is 1. The number of amides is 1. The zero-order valence-electron chi connectivity index (χ0n) is 13.0. The third kappa shape index (κ3) is 4.42. The molecule has 0 aliphatic heterocycles. The van der Waals surface area contributed by atoms with Gasteiger partial charge >= 0.3 is 5.69 Å². The molecule has 1 aromatic carbocycles. The summed E-state index contributed by atoms with van der Waals surface area (Å²) >= 11 is 0. The second kappa shape index (κ2) is 8.12. The van der Waals surface area contributed by atoms with E-state index in [1.165, 1.54) is 4.57 Å². The molecule has 2 rings (SSSR count). The number of nitrogens with zero attached hydrogens (tertiary/aromatic N) is 1. The summed E-state index contributed by atoms with van der Waals surface area (Å²) in [5, 5.41) is 3.22. The Bertz CT molecular complexity index is 805. The van der Waals surface area contributed by atoms with Gasteiger partial charge in [0.05, 0.1) is 10.9 Å². The SMILES string of the molecule is C=CCNC(=O)CCCCCn1c(=O)[nH]c2ccccc2c1=O. The van der Waals surface area contributed by atoms with Crippen molar-refractivity contribution in [2.24, 2.45) is 0 Å². The van der Waals surface area contributed by atoms with Gasteiger partial charge in [0.15, 0.2) is 0 Å².